The molecule has 1 N–H and O–H groups in total. The van der Waals surface area contributed by atoms with Crippen LogP contribution >= 0.6 is 0 Å². The van der Waals surface area contributed by atoms with Gasteiger partial charge in [0.25, 0.3) is 5.91 Å². The molecule has 3 aromatic rings. The first-order valence-corrected chi connectivity index (χ1v) is 8.03. The van der Waals surface area contributed by atoms with E-state index >= 15 is 0 Å². The van der Waals surface area contributed by atoms with Crippen molar-refractivity contribution in [3.05, 3.63) is 66.4 Å². The van der Waals surface area contributed by atoms with Gasteiger partial charge in [0.05, 0.1) is 11.1 Å². The lowest BCUT2D eigenvalue weighted by Gasteiger charge is -2.12. The van der Waals surface area contributed by atoms with Crippen molar-refractivity contribution in [1.29, 1.82) is 0 Å². The number of fused-ring (bicyclic) bond motifs is 1. The second kappa shape index (κ2) is 7.23. The summed E-state index contributed by atoms with van der Waals surface area (Å²) in [6, 6.07) is 17.9. The molecule has 1 amide bonds. The van der Waals surface area contributed by atoms with Crippen molar-refractivity contribution in [3.63, 3.8) is 0 Å². The third-order valence-electron chi connectivity index (χ3n) is 3.95. The third kappa shape index (κ3) is 3.44. The van der Waals surface area contributed by atoms with Crippen LogP contribution in [0.2, 0.25) is 0 Å². The number of nitrogens with one attached hydrogen (secondary N) is 1. The second-order valence-electron chi connectivity index (χ2n) is 5.99. The molecule has 24 heavy (non-hydrogen) atoms. The number of amides is 1. The predicted octanol–water partition coefficient (Wildman–Crippen LogP) is 3.19. The SMILES string of the molecule is CN(C)CCNC(=O)c1cccc2c(-c3ccccc3)ccnc12. The fraction of sp³-hybridized carbons (Fsp3) is 0.200. The van der Waals surface area contributed by atoms with Crippen LogP contribution in [0, 0.1) is 0 Å². The number of likely N-dealkylation sites (N-methyl/N-ethyl adjacent to an activating group) is 1. The van der Waals surface area contributed by atoms with Crippen LogP contribution in [0.15, 0.2) is 60.8 Å². The van der Waals surface area contributed by atoms with E-state index in [9.17, 15) is 4.79 Å². The number of aromatic nitrogens is 1. The van der Waals surface area contributed by atoms with Gasteiger partial charge in [-0.25, -0.2) is 0 Å². The number of pyridine rings is 1. The highest BCUT2D eigenvalue weighted by molar-refractivity contribution is 6.08. The highest BCUT2D eigenvalue weighted by atomic mass is 16.1. The first-order chi connectivity index (χ1) is 11.7. The summed E-state index contributed by atoms with van der Waals surface area (Å²) in [5.41, 5.74) is 3.56. The molecule has 3 rings (SSSR count). The molecule has 0 unspecified atom stereocenters. The highest BCUT2D eigenvalue weighted by Crippen LogP contribution is 2.28. The Balaban J connectivity index is 1.98. The number of hydrogen-bond donors (Lipinski definition) is 1. The van der Waals surface area contributed by atoms with E-state index in [2.05, 4.69) is 22.4 Å². The molecule has 0 fully saturated rings. The summed E-state index contributed by atoms with van der Waals surface area (Å²) in [6.07, 6.45) is 1.77. The average Bonchev–Trinajstić information content (AvgIpc) is 2.61. The van der Waals surface area contributed by atoms with Crippen LogP contribution in [0.4, 0.5) is 0 Å². The van der Waals surface area contributed by atoms with E-state index in [1.54, 1.807) is 6.20 Å². The molecule has 1 heterocycles. The molecule has 0 bridgehead atoms. The second-order valence-corrected chi connectivity index (χ2v) is 5.99. The quantitative estimate of drug-likeness (QED) is 0.785. The standard InChI is InChI=1S/C20H21N3O/c1-23(2)14-13-22-20(24)18-10-6-9-17-16(11-12-21-19(17)18)15-7-4-3-5-8-15/h3-12H,13-14H2,1-2H3,(H,22,24). The van der Waals surface area contributed by atoms with Gasteiger partial charge in [-0.1, -0.05) is 42.5 Å². The normalized spacial score (nSPS) is 11.0. The van der Waals surface area contributed by atoms with Crippen molar-refractivity contribution in [2.75, 3.05) is 27.2 Å². The lowest BCUT2D eigenvalue weighted by molar-refractivity contribution is 0.0952. The van der Waals surface area contributed by atoms with Crippen molar-refractivity contribution in [3.8, 4) is 11.1 Å². The maximum Gasteiger partial charge on any atom is 0.253 e. The van der Waals surface area contributed by atoms with Gasteiger partial charge in [0.1, 0.15) is 0 Å². The first kappa shape index (κ1) is 16.1. The molecule has 1 aromatic heterocycles. The fourth-order valence-electron chi connectivity index (χ4n) is 2.72. The van der Waals surface area contributed by atoms with Gasteiger partial charge in [-0.3, -0.25) is 9.78 Å². The summed E-state index contributed by atoms with van der Waals surface area (Å²) in [7, 11) is 3.97. The van der Waals surface area contributed by atoms with Gasteiger partial charge in [0.15, 0.2) is 0 Å². The lowest BCUT2D eigenvalue weighted by Crippen LogP contribution is -2.31. The predicted molar refractivity (Wildman–Crippen MR) is 98.1 cm³/mol. The van der Waals surface area contributed by atoms with Gasteiger partial charge in [-0.05, 0) is 37.4 Å². The molecule has 2 aromatic carbocycles. The Morgan fingerprint density at radius 3 is 2.58 bits per heavy atom. The molecule has 0 aliphatic heterocycles. The van der Waals surface area contributed by atoms with Gasteiger partial charge >= 0.3 is 0 Å². The molecule has 0 saturated heterocycles. The molecular weight excluding hydrogens is 298 g/mol. The van der Waals surface area contributed by atoms with Crippen molar-refractivity contribution in [1.82, 2.24) is 15.2 Å². The van der Waals surface area contributed by atoms with E-state index in [0.29, 0.717) is 12.1 Å². The van der Waals surface area contributed by atoms with Gasteiger partial charge in [-0.2, -0.15) is 0 Å². The maximum absolute atomic E-state index is 12.5. The summed E-state index contributed by atoms with van der Waals surface area (Å²) in [4.78, 5) is 19.0. The van der Waals surface area contributed by atoms with Crippen LogP contribution in [0.3, 0.4) is 0 Å². The molecule has 4 heteroatoms. The zero-order valence-corrected chi connectivity index (χ0v) is 14.0. The van der Waals surface area contributed by atoms with E-state index in [1.807, 2.05) is 61.5 Å². The maximum atomic E-state index is 12.5. The molecule has 0 aliphatic rings. The topological polar surface area (TPSA) is 45.2 Å². The van der Waals surface area contributed by atoms with Crippen LogP contribution in [-0.4, -0.2) is 43.0 Å². The summed E-state index contributed by atoms with van der Waals surface area (Å²) >= 11 is 0. The van der Waals surface area contributed by atoms with Crippen molar-refractivity contribution < 1.29 is 4.79 Å². The Bertz CT molecular complexity index is 844. The van der Waals surface area contributed by atoms with Crippen LogP contribution < -0.4 is 5.32 Å². The van der Waals surface area contributed by atoms with Crippen LogP contribution in [-0.2, 0) is 0 Å². The Labute approximate surface area is 142 Å². The van der Waals surface area contributed by atoms with Gasteiger partial charge < -0.3 is 10.2 Å². The molecular formula is C20H21N3O. The molecule has 0 spiro atoms. The number of para-hydroxylation sites is 1. The Morgan fingerprint density at radius 1 is 1.04 bits per heavy atom. The average molecular weight is 319 g/mol. The Kier molecular flexibility index (Phi) is 4.87. The summed E-state index contributed by atoms with van der Waals surface area (Å²) < 4.78 is 0. The molecule has 0 aliphatic carbocycles. The van der Waals surface area contributed by atoms with Gasteiger partial charge in [-0.15, -0.1) is 0 Å². The van der Waals surface area contributed by atoms with Crippen molar-refractivity contribution in [2.24, 2.45) is 0 Å². The van der Waals surface area contributed by atoms with Crippen LogP contribution in [0.1, 0.15) is 10.4 Å². The highest BCUT2D eigenvalue weighted by Gasteiger charge is 2.13. The molecule has 0 radical (unpaired) electrons. The molecule has 122 valence electrons. The number of carbonyl (C=O) groups is 1. The van der Waals surface area contributed by atoms with Crippen molar-refractivity contribution in [2.45, 2.75) is 0 Å². The summed E-state index contributed by atoms with van der Waals surface area (Å²) in [5.74, 6) is -0.0832. The van der Waals surface area contributed by atoms with Crippen molar-refractivity contribution >= 4 is 16.8 Å². The zero-order valence-electron chi connectivity index (χ0n) is 14.0. The van der Waals surface area contributed by atoms with E-state index in [0.717, 1.165) is 28.6 Å². The van der Waals surface area contributed by atoms with Crippen LogP contribution in [0.25, 0.3) is 22.0 Å². The molecule has 0 saturated carbocycles. The first-order valence-electron chi connectivity index (χ1n) is 8.03. The number of rotatable bonds is 5. The van der Waals surface area contributed by atoms with E-state index in [1.165, 1.54) is 0 Å². The van der Waals surface area contributed by atoms with Gasteiger partial charge in [0, 0.05) is 24.7 Å². The third-order valence-corrected chi connectivity index (χ3v) is 3.95. The monoisotopic (exact) mass is 319 g/mol. The summed E-state index contributed by atoms with van der Waals surface area (Å²) in [6.45, 7) is 1.42. The number of carbonyl (C=O) groups excluding carboxylic acids is 1. The largest absolute Gasteiger partial charge is 0.351 e. The minimum Gasteiger partial charge on any atom is -0.351 e. The number of nitrogens with zero attached hydrogens (tertiary/aromatic N) is 2. The Morgan fingerprint density at radius 2 is 1.83 bits per heavy atom. The molecule has 0 atom stereocenters. The van der Waals surface area contributed by atoms with E-state index < -0.39 is 0 Å². The minimum atomic E-state index is -0.0832. The molecule has 4 nitrogen and oxygen atoms in total. The fourth-order valence-corrected chi connectivity index (χ4v) is 2.72. The number of hydrogen-bond acceptors (Lipinski definition) is 3. The minimum absolute atomic E-state index is 0.0832. The zero-order chi connectivity index (χ0) is 16.9. The Hall–Kier alpha value is -2.72. The smallest absolute Gasteiger partial charge is 0.253 e. The van der Waals surface area contributed by atoms with E-state index in [-0.39, 0.29) is 5.91 Å². The van der Waals surface area contributed by atoms with Crippen LogP contribution in [0.5, 0.6) is 0 Å². The summed E-state index contributed by atoms with van der Waals surface area (Å²) in [5, 5.41) is 3.95. The number of benzene rings is 2. The van der Waals surface area contributed by atoms with Gasteiger partial charge in [0.2, 0.25) is 0 Å². The lowest BCUT2D eigenvalue weighted by atomic mass is 9.99. The van der Waals surface area contributed by atoms with E-state index in [4.69, 9.17) is 0 Å².